The minimum atomic E-state index is 0.583. The van der Waals surface area contributed by atoms with Gasteiger partial charge in [0.15, 0.2) is 5.69 Å². The number of hydrogen-bond donors (Lipinski definition) is 0. The summed E-state index contributed by atoms with van der Waals surface area (Å²) in [6, 6.07) is 7.13. The average molecular weight is 187 g/mol. The molecule has 0 saturated carbocycles. The van der Waals surface area contributed by atoms with Gasteiger partial charge in [0.2, 0.25) is 0 Å². The second kappa shape index (κ2) is 5.08. The standard InChI is InChI=1S/C12H13NO/c1-10(2)8-9-14-12-6-4-11(13-3)5-7-12/h4-8H,9H2,1-2H3. The molecular formula is C12H13NO. The number of hydrogen-bond acceptors (Lipinski definition) is 1. The fraction of sp³-hybridized carbons (Fsp3) is 0.250. The predicted molar refractivity (Wildman–Crippen MR) is 57.6 cm³/mol. The molecule has 0 N–H and O–H groups in total. The summed E-state index contributed by atoms with van der Waals surface area (Å²) in [4.78, 5) is 3.30. The first kappa shape index (κ1) is 10.3. The van der Waals surface area contributed by atoms with Crippen molar-refractivity contribution in [2.24, 2.45) is 0 Å². The largest absolute Gasteiger partial charge is 0.490 e. The highest BCUT2D eigenvalue weighted by molar-refractivity contribution is 5.46. The van der Waals surface area contributed by atoms with E-state index >= 15 is 0 Å². The number of allylic oxidation sites excluding steroid dienone is 1. The fourth-order valence-corrected chi connectivity index (χ4v) is 0.921. The normalized spacial score (nSPS) is 8.93. The van der Waals surface area contributed by atoms with Crippen molar-refractivity contribution in [2.75, 3.05) is 6.61 Å². The number of ether oxygens (including phenoxy) is 1. The van der Waals surface area contributed by atoms with E-state index in [1.54, 1.807) is 12.1 Å². The maximum atomic E-state index is 6.78. The highest BCUT2D eigenvalue weighted by Crippen LogP contribution is 2.17. The average Bonchev–Trinajstić information content (AvgIpc) is 2.18. The Morgan fingerprint density at radius 1 is 1.36 bits per heavy atom. The van der Waals surface area contributed by atoms with Crippen molar-refractivity contribution in [3.63, 3.8) is 0 Å². The van der Waals surface area contributed by atoms with Crippen LogP contribution < -0.4 is 4.74 Å². The van der Waals surface area contributed by atoms with Crippen LogP contribution in [-0.4, -0.2) is 6.61 Å². The molecule has 0 aliphatic heterocycles. The van der Waals surface area contributed by atoms with Gasteiger partial charge in [0.05, 0.1) is 6.57 Å². The monoisotopic (exact) mass is 187 g/mol. The zero-order valence-electron chi connectivity index (χ0n) is 8.45. The fourth-order valence-electron chi connectivity index (χ4n) is 0.921. The van der Waals surface area contributed by atoms with Gasteiger partial charge in [0.1, 0.15) is 12.4 Å². The van der Waals surface area contributed by atoms with Crippen LogP contribution in [-0.2, 0) is 0 Å². The lowest BCUT2D eigenvalue weighted by Crippen LogP contribution is -1.93. The van der Waals surface area contributed by atoms with Crippen LogP contribution in [0.1, 0.15) is 13.8 Å². The molecule has 0 unspecified atom stereocenters. The van der Waals surface area contributed by atoms with Gasteiger partial charge in [-0.1, -0.05) is 17.7 Å². The van der Waals surface area contributed by atoms with Crippen LogP contribution in [0.5, 0.6) is 5.75 Å². The van der Waals surface area contributed by atoms with Crippen molar-refractivity contribution in [3.05, 3.63) is 47.3 Å². The Balaban J connectivity index is 2.53. The van der Waals surface area contributed by atoms with Crippen LogP contribution in [0.25, 0.3) is 4.85 Å². The lowest BCUT2D eigenvalue weighted by molar-refractivity contribution is 0.362. The van der Waals surface area contributed by atoms with Crippen molar-refractivity contribution < 1.29 is 4.74 Å². The highest BCUT2D eigenvalue weighted by atomic mass is 16.5. The summed E-state index contributed by atoms with van der Waals surface area (Å²) in [7, 11) is 0. The molecule has 0 amide bonds. The molecule has 2 heteroatoms. The van der Waals surface area contributed by atoms with E-state index < -0.39 is 0 Å². The molecule has 1 rings (SSSR count). The lowest BCUT2D eigenvalue weighted by atomic mass is 10.3. The third-order valence-electron chi connectivity index (χ3n) is 1.71. The molecule has 0 spiro atoms. The van der Waals surface area contributed by atoms with Crippen LogP contribution in [0.2, 0.25) is 0 Å². The minimum absolute atomic E-state index is 0.583. The summed E-state index contributed by atoms with van der Waals surface area (Å²) in [5.41, 5.74) is 1.88. The van der Waals surface area contributed by atoms with E-state index in [2.05, 4.69) is 4.85 Å². The molecule has 0 aliphatic rings. The molecule has 0 aromatic heterocycles. The number of benzene rings is 1. The minimum Gasteiger partial charge on any atom is -0.490 e. The van der Waals surface area contributed by atoms with E-state index in [0.29, 0.717) is 12.3 Å². The second-order valence-corrected chi connectivity index (χ2v) is 3.20. The lowest BCUT2D eigenvalue weighted by Gasteiger charge is -2.02. The molecule has 1 aromatic carbocycles. The Morgan fingerprint density at radius 3 is 2.50 bits per heavy atom. The van der Waals surface area contributed by atoms with Crippen LogP contribution in [0.15, 0.2) is 35.9 Å². The van der Waals surface area contributed by atoms with E-state index in [-0.39, 0.29) is 0 Å². The predicted octanol–water partition coefficient (Wildman–Crippen LogP) is 3.58. The number of nitrogens with zero attached hydrogens (tertiary/aromatic N) is 1. The summed E-state index contributed by atoms with van der Waals surface area (Å²) in [6.07, 6.45) is 2.02. The summed E-state index contributed by atoms with van der Waals surface area (Å²) in [5, 5.41) is 0. The van der Waals surface area contributed by atoms with E-state index in [1.807, 2.05) is 32.1 Å². The van der Waals surface area contributed by atoms with Crippen LogP contribution in [0, 0.1) is 6.57 Å². The Kier molecular flexibility index (Phi) is 3.75. The molecule has 0 heterocycles. The van der Waals surface area contributed by atoms with Crippen molar-refractivity contribution in [2.45, 2.75) is 13.8 Å². The Bertz CT molecular complexity index is 353. The third kappa shape index (κ3) is 3.32. The quantitative estimate of drug-likeness (QED) is 0.521. The summed E-state index contributed by atoms with van der Waals surface area (Å²) in [5.74, 6) is 0.801. The Hall–Kier alpha value is -1.75. The van der Waals surface area contributed by atoms with Gasteiger partial charge in [0, 0.05) is 0 Å². The first-order valence-electron chi connectivity index (χ1n) is 4.46. The van der Waals surface area contributed by atoms with Crippen molar-refractivity contribution in [1.29, 1.82) is 0 Å². The van der Waals surface area contributed by atoms with Gasteiger partial charge < -0.3 is 4.74 Å². The van der Waals surface area contributed by atoms with E-state index in [0.717, 1.165) is 5.75 Å². The Labute approximate surface area is 84.6 Å². The first-order valence-corrected chi connectivity index (χ1v) is 4.46. The van der Waals surface area contributed by atoms with Crippen LogP contribution in [0.3, 0.4) is 0 Å². The van der Waals surface area contributed by atoms with Crippen LogP contribution >= 0.6 is 0 Å². The van der Waals surface area contributed by atoms with Gasteiger partial charge in [-0.25, -0.2) is 4.85 Å². The molecule has 0 radical (unpaired) electrons. The van der Waals surface area contributed by atoms with E-state index in [1.165, 1.54) is 5.57 Å². The molecule has 72 valence electrons. The summed E-state index contributed by atoms with van der Waals surface area (Å²) >= 11 is 0. The molecule has 0 atom stereocenters. The van der Waals surface area contributed by atoms with Gasteiger partial charge >= 0.3 is 0 Å². The van der Waals surface area contributed by atoms with Gasteiger partial charge in [-0.05, 0) is 32.1 Å². The molecule has 0 aliphatic carbocycles. The molecule has 0 fully saturated rings. The second-order valence-electron chi connectivity index (χ2n) is 3.20. The van der Waals surface area contributed by atoms with E-state index in [9.17, 15) is 0 Å². The molecule has 1 aromatic rings. The maximum Gasteiger partial charge on any atom is 0.187 e. The molecule has 2 nitrogen and oxygen atoms in total. The first-order chi connectivity index (χ1) is 6.72. The SMILES string of the molecule is [C-]#[N+]c1ccc(OCC=C(C)C)cc1. The van der Waals surface area contributed by atoms with Crippen molar-refractivity contribution in [3.8, 4) is 5.75 Å². The van der Waals surface area contributed by atoms with Gasteiger partial charge in [-0.15, -0.1) is 0 Å². The summed E-state index contributed by atoms with van der Waals surface area (Å²) < 4.78 is 5.44. The summed E-state index contributed by atoms with van der Waals surface area (Å²) in [6.45, 7) is 11.4. The zero-order chi connectivity index (χ0) is 10.4. The smallest absolute Gasteiger partial charge is 0.187 e. The van der Waals surface area contributed by atoms with Crippen molar-refractivity contribution in [1.82, 2.24) is 0 Å². The molecule has 0 saturated heterocycles. The molecule has 14 heavy (non-hydrogen) atoms. The van der Waals surface area contributed by atoms with Crippen LogP contribution in [0.4, 0.5) is 5.69 Å². The Morgan fingerprint density at radius 2 is 2.00 bits per heavy atom. The van der Waals surface area contributed by atoms with Crippen molar-refractivity contribution >= 4 is 5.69 Å². The van der Waals surface area contributed by atoms with E-state index in [4.69, 9.17) is 11.3 Å². The topological polar surface area (TPSA) is 13.6 Å². The highest BCUT2D eigenvalue weighted by Gasteiger charge is 1.92. The van der Waals surface area contributed by atoms with Gasteiger partial charge in [-0.3, -0.25) is 0 Å². The third-order valence-corrected chi connectivity index (χ3v) is 1.71. The zero-order valence-corrected chi connectivity index (χ0v) is 8.45. The van der Waals surface area contributed by atoms with Gasteiger partial charge in [-0.2, -0.15) is 0 Å². The molecular weight excluding hydrogens is 174 g/mol. The van der Waals surface area contributed by atoms with Gasteiger partial charge in [0.25, 0.3) is 0 Å². The number of rotatable bonds is 3. The maximum absolute atomic E-state index is 6.78. The molecule has 0 bridgehead atoms.